The van der Waals surface area contributed by atoms with Gasteiger partial charge in [-0.2, -0.15) is 5.10 Å². The van der Waals surface area contributed by atoms with Crippen molar-refractivity contribution in [2.45, 2.75) is 33.9 Å². The third kappa shape index (κ3) is 2.63. The van der Waals surface area contributed by atoms with Crippen molar-refractivity contribution in [3.8, 4) is 5.75 Å². The van der Waals surface area contributed by atoms with Gasteiger partial charge in [-0.25, -0.2) is 0 Å². The smallest absolute Gasteiger partial charge is 0.123 e. The maximum absolute atomic E-state index is 9.35. The summed E-state index contributed by atoms with van der Waals surface area (Å²) in [7, 11) is 1.68. The molecule has 1 aromatic heterocycles. The van der Waals surface area contributed by atoms with Crippen LogP contribution >= 0.6 is 0 Å². The molecule has 2 aromatic rings. The molecule has 4 heteroatoms. The molecule has 0 aliphatic carbocycles. The normalized spacial score (nSPS) is 10.8. The molecule has 0 saturated heterocycles. The van der Waals surface area contributed by atoms with E-state index in [0.29, 0.717) is 6.54 Å². The minimum absolute atomic E-state index is 0.0304. The van der Waals surface area contributed by atoms with Crippen molar-refractivity contribution in [3.63, 3.8) is 0 Å². The Morgan fingerprint density at radius 3 is 2.58 bits per heavy atom. The predicted octanol–water partition coefficient (Wildman–Crippen LogP) is 2.36. The van der Waals surface area contributed by atoms with Gasteiger partial charge in [0.1, 0.15) is 5.75 Å². The van der Waals surface area contributed by atoms with E-state index in [0.717, 1.165) is 28.3 Å². The molecule has 2 rings (SSSR count). The zero-order valence-electron chi connectivity index (χ0n) is 11.9. The quantitative estimate of drug-likeness (QED) is 0.918. The van der Waals surface area contributed by atoms with Crippen LogP contribution in [0.2, 0.25) is 0 Å². The molecular formula is C15H20N2O2. The number of aliphatic hydroxyl groups excluding tert-OH is 1. The molecule has 0 radical (unpaired) electrons. The van der Waals surface area contributed by atoms with Crippen LogP contribution in [0.15, 0.2) is 18.2 Å². The van der Waals surface area contributed by atoms with Gasteiger partial charge in [0.15, 0.2) is 0 Å². The first-order chi connectivity index (χ1) is 9.06. The van der Waals surface area contributed by atoms with Crippen molar-refractivity contribution >= 4 is 0 Å². The van der Waals surface area contributed by atoms with Gasteiger partial charge in [-0.3, -0.25) is 4.68 Å². The highest BCUT2D eigenvalue weighted by Crippen LogP contribution is 2.22. The van der Waals surface area contributed by atoms with Gasteiger partial charge < -0.3 is 9.84 Å². The topological polar surface area (TPSA) is 47.3 Å². The van der Waals surface area contributed by atoms with E-state index in [1.165, 1.54) is 5.56 Å². The van der Waals surface area contributed by atoms with Crippen molar-refractivity contribution in [1.82, 2.24) is 9.78 Å². The molecule has 0 unspecified atom stereocenters. The summed E-state index contributed by atoms with van der Waals surface area (Å²) >= 11 is 0. The van der Waals surface area contributed by atoms with E-state index < -0.39 is 0 Å². The summed E-state index contributed by atoms with van der Waals surface area (Å²) in [6, 6.07) is 6.11. The average Bonchev–Trinajstić information content (AvgIpc) is 2.64. The molecule has 0 aliphatic heterocycles. The largest absolute Gasteiger partial charge is 0.496 e. The van der Waals surface area contributed by atoms with Gasteiger partial charge in [0.05, 0.1) is 26.0 Å². The minimum atomic E-state index is 0.0304. The van der Waals surface area contributed by atoms with Gasteiger partial charge in [-0.05, 0) is 26.8 Å². The number of rotatable bonds is 4. The van der Waals surface area contributed by atoms with Crippen LogP contribution in [0.5, 0.6) is 5.75 Å². The second-order valence-electron chi connectivity index (χ2n) is 4.78. The molecular weight excluding hydrogens is 240 g/mol. The van der Waals surface area contributed by atoms with Crippen LogP contribution in [0.4, 0.5) is 0 Å². The first-order valence-corrected chi connectivity index (χ1v) is 6.34. The van der Waals surface area contributed by atoms with Gasteiger partial charge in [0, 0.05) is 16.8 Å². The molecule has 4 nitrogen and oxygen atoms in total. The first kappa shape index (κ1) is 13.6. The van der Waals surface area contributed by atoms with Crippen molar-refractivity contribution < 1.29 is 9.84 Å². The number of ether oxygens (including phenoxy) is 1. The van der Waals surface area contributed by atoms with Crippen LogP contribution in [-0.2, 0) is 13.2 Å². The zero-order valence-corrected chi connectivity index (χ0v) is 11.9. The first-order valence-electron chi connectivity index (χ1n) is 6.34. The van der Waals surface area contributed by atoms with Gasteiger partial charge >= 0.3 is 0 Å². The lowest BCUT2D eigenvalue weighted by molar-refractivity contribution is 0.280. The van der Waals surface area contributed by atoms with Crippen LogP contribution < -0.4 is 4.74 Å². The number of aliphatic hydroxyl groups is 1. The SMILES string of the molecule is COc1ccc(C)cc1Cn1nc(C)c(CO)c1C. The van der Waals surface area contributed by atoms with Gasteiger partial charge in [-0.15, -0.1) is 0 Å². The number of aromatic nitrogens is 2. The van der Waals surface area contributed by atoms with Gasteiger partial charge in [0.25, 0.3) is 0 Å². The number of hydrogen-bond acceptors (Lipinski definition) is 3. The Morgan fingerprint density at radius 2 is 2.00 bits per heavy atom. The molecule has 0 amide bonds. The maximum atomic E-state index is 9.35. The Balaban J connectivity index is 2.38. The van der Waals surface area contributed by atoms with E-state index in [2.05, 4.69) is 18.1 Å². The number of aryl methyl sites for hydroxylation is 2. The lowest BCUT2D eigenvalue weighted by Gasteiger charge is -2.11. The third-order valence-electron chi connectivity index (χ3n) is 3.45. The standard InChI is InChI=1S/C15H20N2O2/c1-10-5-6-15(19-4)13(7-10)8-17-12(3)14(9-18)11(2)16-17/h5-7,18H,8-9H2,1-4H3. The average molecular weight is 260 g/mol. The van der Waals surface area contributed by atoms with E-state index in [1.807, 2.05) is 30.7 Å². The van der Waals surface area contributed by atoms with Crippen LogP contribution in [-0.4, -0.2) is 22.0 Å². The second kappa shape index (κ2) is 5.45. The van der Waals surface area contributed by atoms with Crippen molar-refractivity contribution in [3.05, 3.63) is 46.3 Å². The summed E-state index contributed by atoms with van der Waals surface area (Å²) in [5.41, 5.74) is 5.08. The summed E-state index contributed by atoms with van der Waals surface area (Å²) in [6.07, 6.45) is 0. The lowest BCUT2D eigenvalue weighted by atomic mass is 10.1. The van der Waals surface area contributed by atoms with E-state index in [4.69, 9.17) is 4.74 Å². The molecule has 1 aromatic carbocycles. The fourth-order valence-corrected chi connectivity index (χ4v) is 2.31. The lowest BCUT2D eigenvalue weighted by Crippen LogP contribution is -2.06. The summed E-state index contributed by atoms with van der Waals surface area (Å²) in [4.78, 5) is 0. The van der Waals surface area contributed by atoms with E-state index in [1.54, 1.807) is 7.11 Å². The van der Waals surface area contributed by atoms with Gasteiger partial charge in [0.2, 0.25) is 0 Å². The van der Waals surface area contributed by atoms with Gasteiger partial charge in [-0.1, -0.05) is 17.7 Å². The summed E-state index contributed by atoms with van der Waals surface area (Å²) in [5, 5.41) is 13.8. The molecule has 0 atom stereocenters. The molecule has 0 spiro atoms. The van der Waals surface area contributed by atoms with E-state index in [9.17, 15) is 5.11 Å². The van der Waals surface area contributed by atoms with Crippen molar-refractivity contribution in [1.29, 1.82) is 0 Å². The highest BCUT2D eigenvalue weighted by Gasteiger charge is 2.12. The van der Waals surface area contributed by atoms with E-state index in [-0.39, 0.29) is 6.61 Å². The summed E-state index contributed by atoms with van der Waals surface area (Å²) in [6.45, 7) is 6.64. The molecule has 1 heterocycles. The molecule has 102 valence electrons. The molecule has 0 aliphatic rings. The number of methoxy groups -OCH3 is 1. The van der Waals surface area contributed by atoms with E-state index >= 15 is 0 Å². The Kier molecular flexibility index (Phi) is 3.90. The highest BCUT2D eigenvalue weighted by molar-refractivity contribution is 5.37. The van der Waals surface area contributed by atoms with Crippen LogP contribution in [0.3, 0.4) is 0 Å². The zero-order chi connectivity index (χ0) is 14.0. The summed E-state index contributed by atoms with van der Waals surface area (Å²) in [5.74, 6) is 0.865. The molecule has 1 N–H and O–H groups in total. The monoisotopic (exact) mass is 260 g/mol. The van der Waals surface area contributed by atoms with Crippen LogP contribution in [0.1, 0.15) is 28.1 Å². The number of hydrogen-bond donors (Lipinski definition) is 1. The minimum Gasteiger partial charge on any atom is -0.496 e. The Bertz CT molecular complexity index is 588. The van der Waals surface area contributed by atoms with Crippen LogP contribution in [0.25, 0.3) is 0 Å². The predicted molar refractivity (Wildman–Crippen MR) is 74.5 cm³/mol. The highest BCUT2D eigenvalue weighted by atomic mass is 16.5. The molecule has 0 saturated carbocycles. The van der Waals surface area contributed by atoms with Crippen molar-refractivity contribution in [2.75, 3.05) is 7.11 Å². The Hall–Kier alpha value is -1.81. The third-order valence-corrected chi connectivity index (χ3v) is 3.45. The Morgan fingerprint density at radius 1 is 1.26 bits per heavy atom. The number of nitrogens with zero attached hydrogens (tertiary/aromatic N) is 2. The van der Waals surface area contributed by atoms with Crippen molar-refractivity contribution in [2.24, 2.45) is 0 Å². The Labute approximate surface area is 113 Å². The number of benzene rings is 1. The maximum Gasteiger partial charge on any atom is 0.123 e. The fourth-order valence-electron chi connectivity index (χ4n) is 2.31. The van der Waals surface area contributed by atoms with Crippen LogP contribution in [0, 0.1) is 20.8 Å². The summed E-state index contributed by atoms with van der Waals surface area (Å²) < 4.78 is 7.30. The second-order valence-corrected chi connectivity index (χ2v) is 4.78. The molecule has 19 heavy (non-hydrogen) atoms. The fraction of sp³-hybridized carbons (Fsp3) is 0.400. The molecule has 0 fully saturated rings. The molecule has 0 bridgehead atoms.